The van der Waals surface area contributed by atoms with Gasteiger partial charge in [0.25, 0.3) is 11.7 Å². The molecule has 2 heterocycles. The number of ketones is 1. The van der Waals surface area contributed by atoms with Crippen LogP contribution in [0.2, 0.25) is 0 Å². The van der Waals surface area contributed by atoms with Crippen LogP contribution in [-0.2, 0) is 16.1 Å². The third-order valence-corrected chi connectivity index (χ3v) is 5.44. The third kappa shape index (κ3) is 3.92. The lowest BCUT2D eigenvalue weighted by atomic mass is 9.94. The highest BCUT2D eigenvalue weighted by Crippen LogP contribution is 2.40. The van der Waals surface area contributed by atoms with Crippen molar-refractivity contribution in [3.63, 3.8) is 0 Å². The number of H-pyrrole nitrogens is 1. The van der Waals surface area contributed by atoms with E-state index in [1.165, 1.54) is 4.90 Å². The normalized spacial score (nSPS) is 17.7. The van der Waals surface area contributed by atoms with E-state index in [0.29, 0.717) is 11.3 Å². The average Bonchev–Trinajstić information content (AvgIpc) is 3.05. The van der Waals surface area contributed by atoms with Gasteiger partial charge in [-0.15, -0.1) is 0 Å². The van der Waals surface area contributed by atoms with Crippen LogP contribution in [0.1, 0.15) is 28.3 Å². The standard InChI is InChI=1S/C25H22N2O4/c1-16-3-5-18(6-4-16)22-21(23(28)19-7-9-20(31-2)10-8-19)24(29)25(30)27(22)15-17-11-13-26-14-12-17/h3-14,22,28H,15H2,1-2H3/p+1. The number of amides is 1. The van der Waals surface area contributed by atoms with E-state index in [-0.39, 0.29) is 17.9 Å². The molecule has 1 saturated heterocycles. The molecule has 1 unspecified atom stereocenters. The Hall–Kier alpha value is -3.93. The fourth-order valence-electron chi connectivity index (χ4n) is 3.77. The van der Waals surface area contributed by atoms with E-state index >= 15 is 0 Å². The predicted octanol–water partition coefficient (Wildman–Crippen LogP) is 3.44. The van der Waals surface area contributed by atoms with Gasteiger partial charge in [-0.1, -0.05) is 29.8 Å². The summed E-state index contributed by atoms with van der Waals surface area (Å²) in [5, 5.41) is 11.1. The van der Waals surface area contributed by atoms with Crippen LogP contribution in [0.3, 0.4) is 0 Å². The molecule has 1 atom stereocenters. The smallest absolute Gasteiger partial charge is 0.295 e. The van der Waals surface area contributed by atoms with Gasteiger partial charge in [-0.05, 0) is 42.3 Å². The number of nitrogens with one attached hydrogen (secondary N) is 1. The van der Waals surface area contributed by atoms with Gasteiger partial charge in [-0.25, -0.2) is 4.98 Å². The third-order valence-electron chi connectivity index (χ3n) is 5.44. The molecule has 6 nitrogen and oxygen atoms in total. The molecule has 0 bridgehead atoms. The molecule has 2 aromatic carbocycles. The molecule has 1 aromatic heterocycles. The minimum Gasteiger partial charge on any atom is -0.507 e. The van der Waals surface area contributed by atoms with E-state index < -0.39 is 17.7 Å². The van der Waals surface area contributed by atoms with Crippen LogP contribution in [0.4, 0.5) is 0 Å². The van der Waals surface area contributed by atoms with Crippen molar-refractivity contribution in [3.05, 3.63) is 101 Å². The van der Waals surface area contributed by atoms with Crippen LogP contribution in [0, 0.1) is 6.92 Å². The SMILES string of the molecule is COc1ccc(C(O)=C2C(=O)C(=O)N(Cc3cc[nH+]cc3)C2c2ccc(C)cc2)cc1. The number of aryl methyl sites for hydroxylation is 1. The van der Waals surface area contributed by atoms with Crippen molar-refractivity contribution < 1.29 is 24.4 Å². The number of aliphatic hydroxyl groups excluding tert-OH is 1. The molecular weight excluding hydrogens is 392 g/mol. The number of benzene rings is 2. The first-order valence-electron chi connectivity index (χ1n) is 9.94. The van der Waals surface area contributed by atoms with Gasteiger partial charge in [-0.2, -0.15) is 0 Å². The maximum atomic E-state index is 13.1. The molecule has 1 fully saturated rings. The van der Waals surface area contributed by atoms with Crippen molar-refractivity contribution >= 4 is 17.4 Å². The van der Waals surface area contributed by atoms with Gasteiger partial charge in [0.2, 0.25) is 0 Å². The quantitative estimate of drug-likeness (QED) is 0.393. The Morgan fingerprint density at radius 1 is 1.00 bits per heavy atom. The van der Waals surface area contributed by atoms with Crippen LogP contribution in [0.15, 0.2) is 78.6 Å². The Labute approximate surface area is 180 Å². The number of rotatable bonds is 5. The van der Waals surface area contributed by atoms with Crippen molar-refractivity contribution in [3.8, 4) is 5.75 Å². The van der Waals surface area contributed by atoms with Gasteiger partial charge in [0.15, 0.2) is 12.4 Å². The van der Waals surface area contributed by atoms with E-state index in [4.69, 9.17) is 4.74 Å². The maximum absolute atomic E-state index is 13.1. The van der Waals surface area contributed by atoms with Crippen LogP contribution in [0.5, 0.6) is 5.75 Å². The molecule has 1 aliphatic rings. The number of nitrogens with zero attached hydrogens (tertiary/aromatic N) is 1. The number of likely N-dealkylation sites (tertiary alicyclic amines) is 1. The number of carbonyl (C=O) groups is 2. The monoisotopic (exact) mass is 415 g/mol. The summed E-state index contributed by atoms with van der Waals surface area (Å²) in [6, 6.07) is 17.4. The summed E-state index contributed by atoms with van der Waals surface area (Å²) in [5.41, 5.74) is 3.24. The summed E-state index contributed by atoms with van der Waals surface area (Å²) < 4.78 is 5.17. The predicted molar refractivity (Wildman–Crippen MR) is 115 cm³/mol. The number of aliphatic hydroxyl groups is 1. The molecule has 156 valence electrons. The maximum Gasteiger partial charge on any atom is 0.295 e. The number of methoxy groups -OCH3 is 1. The second-order valence-electron chi connectivity index (χ2n) is 7.47. The van der Waals surface area contributed by atoms with E-state index in [9.17, 15) is 14.7 Å². The number of hydrogen-bond acceptors (Lipinski definition) is 4. The molecule has 4 rings (SSSR count). The molecule has 0 radical (unpaired) electrons. The topological polar surface area (TPSA) is 81.0 Å². The first-order valence-corrected chi connectivity index (χ1v) is 9.94. The lowest BCUT2D eigenvalue weighted by molar-refractivity contribution is -0.378. The molecule has 1 aliphatic heterocycles. The van der Waals surface area contributed by atoms with Gasteiger partial charge in [0.05, 0.1) is 18.7 Å². The molecule has 31 heavy (non-hydrogen) atoms. The van der Waals surface area contributed by atoms with E-state index in [1.807, 2.05) is 43.3 Å². The first kappa shape index (κ1) is 20.3. The summed E-state index contributed by atoms with van der Waals surface area (Å²) in [7, 11) is 1.55. The molecular formula is C25H23N2O4+. The molecule has 3 aromatic rings. The number of Topliss-reactive ketones (excluding diaryl/α,β-unsaturated/α-hetero) is 1. The van der Waals surface area contributed by atoms with Crippen molar-refractivity contribution in [2.45, 2.75) is 19.5 Å². The van der Waals surface area contributed by atoms with Crippen molar-refractivity contribution in [1.29, 1.82) is 0 Å². The Bertz CT molecular complexity index is 1140. The number of aromatic nitrogens is 1. The zero-order valence-electron chi connectivity index (χ0n) is 17.3. The minimum absolute atomic E-state index is 0.0847. The van der Waals surface area contributed by atoms with Crippen LogP contribution >= 0.6 is 0 Å². The van der Waals surface area contributed by atoms with E-state index in [2.05, 4.69) is 4.98 Å². The zero-order valence-corrected chi connectivity index (χ0v) is 17.3. The Balaban J connectivity index is 1.84. The fraction of sp³-hybridized carbons (Fsp3) is 0.160. The van der Waals surface area contributed by atoms with Gasteiger partial charge in [0.1, 0.15) is 11.5 Å². The first-order chi connectivity index (χ1) is 15.0. The lowest BCUT2D eigenvalue weighted by Crippen LogP contribution is -2.29. The van der Waals surface area contributed by atoms with Crippen molar-refractivity contribution in [2.24, 2.45) is 0 Å². The summed E-state index contributed by atoms with van der Waals surface area (Å²) in [4.78, 5) is 30.5. The largest absolute Gasteiger partial charge is 0.507 e. The van der Waals surface area contributed by atoms with Crippen LogP contribution < -0.4 is 9.72 Å². The van der Waals surface area contributed by atoms with Gasteiger partial charge in [-0.3, -0.25) is 9.59 Å². The summed E-state index contributed by atoms with van der Waals surface area (Å²) in [6.07, 6.45) is 3.54. The van der Waals surface area contributed by atoms with Crippen molar-refractivity contribution in [1.82, 2.24) is 4.90 Å². The van der Waals surface area contributed by atoms with Gasteiger partial charge in [0, 0.05) is 24.2 Å². The summed E-state index contributed by atoms with van der Waals surface area (Å²) >= 11 is 0. The van der Waals surface area contributed by atoms with Crippen LogP contribution in [0.25, 0.3) is 5.76 Å². The second kappa shape index (κ2) is 8.44. The lowest BCUT2D eigenvalue weighted by Gasteiger charge is -2.25. The fourth-order valence-corrected chi connectivity index (χ4v) is 3.77. The molecule has 0 saturated carbocycles. The Morgan fingerprint density at radius 2 is 1.65 bits per heavy atom. The van der Waals surface area contributed by atoms with Crippen molar-refractivity contribution in [2.75, 3.05) is 7.11 Å². The molecule has 6 heteroatoms. The zero-order chi connectivity index (χ0) is 22.0. The number of aromatic amines is 1. The van der Waals surface area contributed by atoms with Gasteiger partial charge < -0.3 is 14.7 Å². The molecule has 0 spiro atoms. The second-order valence-corrected chi connectivity index (χ2v) is 7.47. The molecule has 1 amide bonds. The average molecular weight is 415 g/mol. The van der Waals surface area contributed by atoms with Gasteiger partial charge >= 0.3 is 0 Å². The highest BCUT2D eigenvalue weighted by atomic mass is 16.5. The van der Waals surface area contributed by atoms with E-state index in [0.717, 1.165) is 16.7 Å². The van der Waals surface area contributed by atoms with Crippen LogP contribution in [-0.4, -0.2) is 28.8 Å². The number of ether oxygens (including phenoxy) is 1. The number of pyridine rings is 1. The summed E-state index contributed by atoms with van der Waals surface area (Å²) in [5.74, 6) is -0.890. The highest BCUT2D eigenvalue weighted by Gasteiger charge is 2.46. The number of carbonyl (C=O) groups excluding carboxylic acids is 2. The Kier molecular flexibility index (Phi) is 5.54. The Morgan fingerprint density at radius 3 is 2.26 bits per heavy atom. The minimum atomic E-state index is -0.693. The molecule has 2 N–H and O–H groups in total. The number of hydrogen-bond donors (Lipinski definition) is 1. The molecule has 0 aliphatic carbocycles. The highest BCUT2D eigenvalue weighted by molar-refractivity contribution is 6.46. The summed E-state index contributed by atoms with van der Waals surface area (Å²) in [6.45, 7) is 2.22. The van der Waals surface area contributed by atoms with E-state index in [1.54, 1.807) is 43.8 Å².